The first-order chi connectivity index (χ1) is 8.70. The first-order valence-electron chi connectivity index (χ1n) is 5.49. The third-order valence-electron chi connectivity index (χ3n) is 3.01. The van der Waals surface area contributed by atoms with E-state index in [0.717, 1.165) is 17.2 Å². The van der Waals surface area contributed by atoms with Crippen LogP contribution in [-0.4, -0.2) is 22.5 Å². The molecule has 1 N–H and O–H groups in total. The molecule has 0 bridgehead atoms. The van der Waals surface area contributed by atoms with Gasteiger partial charge in [0, 0.05) is 4.90 Å². The van der Waals surface area contributed by atoms with Crippen LogP contribution in [0.15, 0.2) is 22.6 Å². The van der Waals surface area contributed by atoms with E-state index in [0.29, 0.717) is 22.2 Å². The Hall–Kier alpha value is -1.43. The highest BCUT2D eigenvalue weighted by molar-refractivity contribution is 8.00. The van der Waals surface area contributed by atoms with E-state index >= 15 is 0 Å². The van der Waals surface area contributed by atoms with Gasteiger partial charge in [-0.15, -0.1) is 11.8 Å². The average Bonchev–Trinajstić information content (AvgIpc) is 2.27. The highest BCUT2D eigenvalue weighted by atomic mass is 32.2. The molecule has 1 aliphatic heterocycles. The van der Waals surface area contributed by atoms with Gasteiger partial charge in [0.25, 0.3) is 0 Å². The van der Waals surface area contributed by atoms with E-state index in [2.05, 4.69) is 0 Å². The largest absolute Gasteiger partial charge is 0.478 e. The van der Waals surface area contributed by atoms with Gasteiger partial charge in [-0.2, -0.15) is 13.2 Å². The summed E-state index contributed by atoms with van der Waals surface area (Å²) in [7, 11) is 0. The van der Waals surface area contributed by atoms with Crippen molar-refractivity contribution in [1.82, 2.24) is 0 Å². The smallest absolute Gasteiger partial charge is 0.405 e. The van der Waals surface area contributed by atoms with Crippen LogP contribution in [0.5, 0.6) is 0 Å². The molecule has 1 aliphatic rings. The van der Waals surface area contributed by atoms with E-state index in [1.54, 1.807) is 12.1 Å². The van der Waals surface area contributed by atoms with Crippen LogP contribution >= 0.6 is 11.8 Å². The van der Waals surface area contributed by atoms with E-state index in [-0.39, 0.29) is 0 Å². The van der Waals surface area contributed by atoms with Crippen LogP contribution in [0.2, 0.25) is 0 Å². The lowest BCUT2D eigenvalue weighted by molar-refractivity contribution is -0.140. The molecule has 2 nitrogen and oxygen atoms in total. The van der Waals surface area contributed by atoms with Gasteiger partial charge in [0.05, 0.1) is 5.57 Å². The second-order valence-electron chi connectivity index (χ2n) is 4.42. The Morgan fingerprint density at radius 3 is 2.37 bits per heavy atom. The zero-order chi connectivity index (χ0) is 14.4. The van der Waals surface area contributed by atoms with E-state index in [1.165, 1.54) is 0 Å². The summed E-state index contributed by atoms with van der Waals surface area (Å²) in [6.07, 6.45) is -3.45. The number of aryl methyl sites for hydroxylation is 2. The molecule has 0 saturated carbocycles. The minimum atomic E-state index is -4.58. The molecular weight excluding hydrogens is 277 g/mol. The first-order valence-corrected chi connectivity index (χ1v) is 6.37. The Bertz CT molecular complexity index is 576. The van der Waals surface area contributed by atoms with Gasteiger partial charge in [0.15, 0.2) is 0 Å². The fourth-order valence-corrected chi connectivity index (χ4v) is 3.06. The Kier molecular flexibility index (Phi) is 3.38. The minimum absolute atomic E-state index is 0.468. The zero-order valence-electron chi connectivity index (χ0n) is 10.2. The molecular formula is C13H11F3O2S. The second-order valence-corrected chi connectivity index (χ2v) is 5.57. The van der Waals surface area contributed by atoms with Crippen LogP contribution in [0.1, 0.15) is 16.7 Å². The van der Waals surface area contributed by atoms with Gasteiger partial charge >= 0.3 is 12.1 Å². The molecule has 0 aliphatic carbocycles. The summed E-state index contributed by atoms with van der Waals surface area (Å²) in [4.78, 5) is 11.5. The normalized spacial score (nSPS) is 18.8. The van der Waals surface area contributed by atoms with Gasteiger partial charge < -0.3 is 5.11 Å². The Balaban J connectivity index is 2.57. The summed E-state index contributed by atoms with van der Waals surface area (Å²) in [5, 5.41) is 6.93. The highest BCUT2D eigenvalue weighted by Crippen LogP contribution is 2.45. The number of carboxylic acid groups (broad SMARTS) is 1. The van der Waals surface area contributed by atoms with Crippen molar-refractivity contribution >= 4 is 23.8 Å². The summed E-state index contributed by atoms with van der Waals surface area (Å²) in [6, 6.07) is 3.39. The van der Waals surface area contributed by atoms with Crippen molar-refractivity contribution in [2.75, 3.05) is 0 Å². The van der Waals surface area contributed by atoms with Crippen LogP contribution in [0.25, 0.3) is 6.08 Å². The number of hydrogen-bond acceptors (Lipinski definition) is 2. The van der Waals surface area contributed by atoms with Crippen molar-refractivity contribution in [2.24, 2.45) is 0 Å². The van der Waals surface area contributed by atoms with Crippen LogP contribution in [0.4, 0.5) is 13.2 Å². The van der Waals surface area contributed by atoms with Gasteiger partial charge in [-0.05, 0) is 42.7 Å². The van der Waals surface area contributed by atoms with E-state index < -0.39 is 23.0 Å². The predicted octanol–water partition coefficient (Wildman–Crippen LogP) is 3.81. The van der Waals surface area contributed by atoms with Crippen molar-refractivity contribution in [3.63, 3.8) is 0 Å². The van der Waals surface area contributed by atoms with Crippen molar-refractivity contribution in [3.8, 4) is 0 Å². The predicted molar refractivity (Wildman–Crippen MR) is 67.2 cm³/mol. The fraction of sp³-hybridized carbons (Fsp3) is 0.308. The number of fused-ring (bicyclic) bond motifs is 1. The van der Waals surface area contributed by atoms with E-state index in [1.807, 2.05) is 13.8 Å². The molecule has 102 valence electrons. The van der Waals surface area contributed by atoms with Crippen molar-refractivity contribution in [3.05, 3.63) is 34.4 Å². The summed E-state index contributed by atoms with van der Waals surface area (Å²) < 4.78 is 38.7. The molecule has 0 radical (unpaired) electrons. The van der Waals surface area contributed by atoms with Crippen LogP contribution in [-0.2, 0) is 4.79 Å². The molecule has 0 spiro atoms. The van der Waals surface area contributed by atoms with E-state index in [9.17, 15) is 18.0 Å². The standard InChI is InChI=1S/C13H11F3O2S/c1-6-3-8-5-9(12(17)18)11(13(14,15)16)19-10(8)4-7(6)2/h3-5,11H,1-2H3,(H,17,18)/t11-/m0/s1. The molecule has 6 heteroatoms. The number of carboxylic acids is 1. The summed E-state index contributed by atoms with van der Waals surface area (Å²) in [6.45, 7) is 3.65. The molecule has 1 atom stereocenters. The van der Waals surface area contributed by atoms with Crippen molar-refractivity contribution < 1.29 is 23.1 Å². The Labute approximate surface area is 112 Å². The molecule has 2 rings (SSSR count). The minimum Gasteiger partial charge on any atom is -0.478 e. The number of hydrogen-bond donors (Lipinski definition) is 1. The quantitative estimate of drug-likeness (QED) is 0.854. The van der Waals surface area contributed by atoms with Crippen LogP contribution < -0.4 is 0 Å². The van der Waals surface area contributed by atoms with Gasteiger partial charge in [-0.3, -0.25) is 0 Å². The average molecular weight is 288 g/mol. The topological polar surface area (TPSA) is 37.3 Å². The lowest BCUT2D eigenvalue weighted by Crippen LogP contribution is -2.32. The number of alkyl halides is 3. The van der Waals surface area contributed by atoms with Crippen LogP contribution in [0, 0.1) is 13.8 Å². The number of aliphatic carboxylic acids is 1. The van der Waals surface area contributed by atoms with Gasteiger partial charge in [-0.1, -0.05) is 6.07 Å². The third-order valence-corrected chi connectivity index (χ3v) is 4.37. The first kappa shape index (κ1) is 14.0. The number of benzene rings is 1. The number of carbonyl (C=O) groups is 1. The lowest BCUT2D eigenvalue weighted by Gasteiger charge is -2.26. The number of thioether (sulfide) groups is 1. The fourth-order valence-electron chi connectivity index (χ4n) is 1.88. The maximum atomic E-state index is 12.9. The Morgan fingerprint density at radius 1 is 1.26 bits per heavy atom. The lowest BCUT2D eigenvalue weighted by atomic mass is 10.0. The zero-order valence-corrected chi connectivity index (χ0v) is 11.0. The molecule has 1 aromatic carbocycles. The SMILES string of the molecule is Cc1cc2c(cc1C)S[C@H](C(F)(F)F)C(C(=O)O)=C2. The molecule has 0 amide bonds. The molecule has 0 aromatic heterocycles. The number of halogens is 3. The monoisotopic (exact) mass is 288 g/mol. The van der Waals surface area contributed by atoms with Crippen molar-refractivity contribution in [2.45, 2.75) is 30.2 Å². The second kappa shape index (κ2) is 4.59. The molecule has 0 fully saturated rings. The van der Waals surface area contributed by atoms with Crippen molar-refractivity contribution in [1.29, 1.82) is 0 Å². The molecule has 19 heavy (non-hydrogen) atoms. The van der Waals surface area contributed by atoms with Crippen LogP contribution in [0.3, 0.4) is 0 Å². The Morgan fingerprint density at radius 2 is 1.84 bits per heavy atom. The number of rotatable bonds is 1. The summed E-state index contributed by atoms with van der Waals surface area (Å²) in [5.74, 6) is -1.53. The van der Waals surface area contributed by atoms with Gasteiger partial charge in [0.2, 0.25) is 0 Å². The van der Waals surface area contributed by atoms with Gasteiger partial charge in [-0.25, -0.2) is 4.79 Å². The maximum Gasteiger partial charge on any atom is 0.405 e. The summed E-state index contributed by atoms with van der Waals surface area (Å²) in [5.41, 5.74) is 1.73. The summed E-state index contributed by atoms with van der Waals surface area (Å²) >= 11 is 0.549. The van der Waals surface area contributed by atoms with Gasteiger partial charge in [0.1, 0.15) is 5.25 Å². The molecule has 0 saturated heterocycles. The molecule has 1 aromatic rings. The molecule has 1 heterocycles. The maximum absolute atomic E-state index is 12.9. The highest BCUT2D eigenvalue weighted by Gasteiger charge is 2.46. The van der Waals surface area contributed by atoms with E-state index in [4.69, 9.17) is 5.11 Å². The molecule has 0 unspecified atom stereocenters. The third kappa shape index (κ3) is 2.63.